The van der Waals surface area contributed by atoms with Crippen LogP contribution in [0.15, 0.2) is 17.1 Å². The Morgan fingerprint density at radius 2 is 2.14 bits per heavy atom. The lowest BCUT2D eigenvalue weighted by Gasteiger charge is -2.29. The van der Waals surface area contributed by atoms with Crippen LogP contribution in [0.4, 0.5) is 10.6 Å². The number of aromatic nitrogens is 2. The first-order valence-electron chi connectivity index (χ1n) is 9.39. The van der Waals surface area contributed by atoms with Crippen molar-refractivity contribution in [1.29, 1.82) is 0 Å². The highest BCUT2D eigenvalue weighted by Crippen LogP contribution is 2.39. The molecule has 2 heterocycles. The lowest BCUT2D eigenvalue weighted by atomic mass is 9.96. The Morgan fingerprint density at radius 3 is 2.72 bits per heavy atom. The fourth-order valence-electron chi connectivity index (χ4n) is 3.07. The molecule has 11 nitrogen and oxygen atoms in total. The molecule has 0 unspecified atom stereocenters. The van der Waals surface area contributed by atoms with Crippen LogP contribution < -0.4 is 11.0 Å². The predicted molar refractivity (Wildman–Crippen MR) is 100 cm³/mol. The monoisotopic (exact) mass is 413 g/mol. The average Bonchev–Trinajstić information content (AvgIpc) is 2.89. The molecule has 0 spiro atoms. The molecule has 3 N–H and O–H groups in total. The van der Waals surface area contributed by atoms with E-state index in [-0.39, 0.29) is 12.4 Å². The van der Waals surface area contributed by atoms with E-state index in [9.17, 15) is 24.6 Å². The zero-order valence-electron chi connectivity index (χ0n) is 16.7. The first-order valence-corrected chi connectivity index (χ1v) is 9.39. The second-order valence-corrected chi connectivity index (χ2v) is 6.94. The maximum atomic E-state index is 12.4. The van der Waals surface area contributed by atoms with Crippen molar-refractivity contribution >= 4 is 17.9 Å². The van der Waals surface area contributed by atoms with Gasteiger partial charge in [0.2, 0.25) is 0 Å². The number of carbonyl (C=O) groups is 2. The second-order valence-electron chi connectivity index (χ2n) is 6.94. The molecular weight excluding hydrogens is 386 g/mol. The summed E-state index contributed by atoms with van der Waals surface area (Å²) in [6, 6.07) is 1.33. The highest BCUT2D eigenvalue weighted by Gasteiger charge is 2.56. The molecule has 1 fully saturated rings. The van der Waals surface area contributed by atoms with Crippen LogP contribution in [0, 0.1) is 0 Å². The van der Waals surface area contributed by atoms with Crippen molar-refractivity contribution < 1.29 is 34.0 Å². The number of nitrogens with zero attached hydrogens (tertiary/aromatic N) is 2. The van der Waals surface area contributed by atoms with Crippen LogP contribution in [0.1, 0.15) is 46.3 Å². The number of unbranched alkanes of at least 4 members (excludes halogenated alkanes) is 2. The first-order chi connectivity index (χ1) is 13.7. The van der Waals surface area contributed by atoms with Crippen molar-refractivity contribution in [2.45, 2.75) is 64.1 Å². The quantitative estimate of drug-likeness (QED) is 0.410. The number of esters is 1. The smallest absolute Gasteiger partial charge is 0.412 e. The van der Waals surface area contributed by atoms with Crippen molar-refractivity contribution in [2.24, 2.45) is 0 Å². The molecule has 0 aromatic carbocycles. The Morgan fingerprint density at radius 1 is 1.41 bits per heavy atom. The van der Waals surface area contributed by atoms with Crippen LogP contribution in [0.25, 0.3) is 0 Å². The highest BCUT2D eigenvalue weighted by atomic mass is 16.6. The lowest BCUT2D eigenvalue weighted by molar-refractivity contribution is -0.161. The Labute approximate surface area is 167 Å². The Bertz CT molecular complexity index is 779. The molecule has 1 aromatic rings. The van der Waals surface area contributed by atoms with Gasteiger partial charge in [-0.15, -0.1) is 0 Å². The molecule has 1 saturated heterocycles. The molecular formula is C18H27N3O8. The fraction of sp³-hybridized carbons (Fsp3) is 0.667. The van der Waals surface area contributed by atoms with E-state index in [1.54, 1.807) is 0 Å². The lowest BCUT2D eigenvalue weighted by Crippen LogP contribution is -2.48. The number of amides is 1. The summed E-state index contributed by atoms with van der Waals surface area (Å²) in [6.45, 7) is 4.24. The summed E-state index contributed by atoms with van der Waals surface area (Å²) in [5.74, 6) is -0.694. The molecule has 29 heavy (non-hydrogen) atoms. The molecule has 2 rings (SSSR count). The van der Waals surface area contributed by atoms with E-state index < -0.39 is 48.4 Å². The molecule has 0 bridgehead atoms. The molecule has 1 aliphatic rings. The normalized spacial score (nSPS) is 26.2. The third-order valence-corrected chi connectivity index (χ3v) is 4.48. The first kappa shape index (κ1) is 22.8. The minimum absolute atomic E-state index is 0.0281. The Balaban J connectivity index is 2.12. The Hall–Kier alpha value is -2.50. The zero-order valence-corrected chi connectivity index (χ0v) is 16.7. The van der Waals surface area contributed by atoms with E-state index in [0.717, 1.165) is 30.8 Å². The minimum Gasteiger partial charge on any atom is -0.456 e. The van der Waals surface area contributed by atoms with Crippen molar-refractivity contribution in [2.75, 3.05) is 18.5 Å². The summed E-state index contributed by atoms with van der Waals surface area (Å²) < 4.78 is 16.6. The number of aliphatic hydroxyl groups is 2. The van der Waals surface area contributed by atoms with Gasteiger partial charge in [-0.05, 0) is 19.4 Å². The van der Waals surface area contributed by atoms with Crippen LogP contribution in [-0.4, -0.2) is 62.8 Å². The van der Waals surface area contributed by atoms with E-state index in [2.05, 4.69) is 10.3 Å². The van der Waals surface area contributed by atoms with Gasteiger partial charge in [0.25, 0.3) is 0 Å². The van der Waals surface area contributed by atoms with Gasteiger partial charge < -0.3 is 24.4 Å². The summed E-state index contributed by atoms with van der Waals surface area (Å²) in [5.41, 5.74) is -2.63. The average molecular weight is 413 g/mol. The molecule has 0 saturated carbocycles. The number of carbonyl (C=O) groups excluding carboxylic acids is 2. The molecule has 1 aromatic heterocycles. The molecule has 1 amide bonds. The minimum atomic E-state index is -1.81. The van der Waals surface area contributed by atoms with Gasteiger partial charge in [0.05, 0.1) is 13.2 Å². The van der Waals surface area contributed by atoms with E-state index in [4.69, 9.17) is 14.2 Å². The largest absolute Gasteiger partial charge is 0.456 e. The molecule has 162 valence electrons. The molecule has 11 heteroatoms. The topological polar surface area (TPSA) is 149 Å². The number of anilines is 1. The van der Waals surface area contributed by atoms with Gasteiger partial charge in [-0.1, -0.05) is 19.8 Å². The number of aliphatic hydroxyl groups excluding tert-OH is 1. The second kappa shape index (κ2) is 9.81. The van der Waals surface area contributed by atoms with Gasteiger partial charge >= 0.3 is 17.8 Å². The fourth-order valence-corrected chi connectivity index (χ4v) is 3.07. The standard InChI is InChI=1S/C18H27N3O8/c1-4-5-6-9-27-17(25)20-13-7-8-21(16(24)19-13)15-18(3,26)14(28-11(2)23)12(10-22)29-15/h7-8,12,14-15,22,26H,4-6,9-10H2,1-3H3,(H,19,20,24,25)/t12-,14-,15-,18-/m1/s1. The number of rotatable bonds is 8. The summed E-state index contributed by atoms with van der Waals surface area (Å²) >= 11 is 0. The van der Waals surface area contributed by atoms with Crippen LogP contribution in [-0.2, 0) is 19.0 Å². The summed E-state index contributed by atoms with van der Waals surface area (Å²) in [5, 5.41) is 22.6. The summed E-state index contributed by atoms with van der Waals surface area (Å²) in [7, 11) is 0. The predicted octanol–water partition coefficient (Wildman–Crippen LogP) is 0.554. The SMILES string of the molecule is CCCCCOC(=O)Nc1ccn([C@@H]2O[C@H](CO)[C@@H](OC(C)=O)[C@@]2(C)O)c(=O)n1. The third-order valence-electron chi connectivity index (χ3n) is 4.48. The van der Waals surface area contributed by atoms with Gasteiger partial charge in [-0.25, -0.2) is 9.59 Å². The van der Waals surface area contributed by atoms with Crippen molar-refractivity contribution in [3.8, 4) is 0 Å². The van der Waals surface area contributed by atoms with Crippen molar-refractivity contribution in [1.82, 2.24) is 9.55 Å². The molecule has 4 atom stereocenters. The van der Waals surface area contributed by atoms with Crippen LogP contribution in [0.5, 0.6) is 0 Å². The van der Waals surface area contributed by atoms with Crippen LogP contribution in [0.2, 0.25) is 0 Å². The van der Waals surface area contributed by atoms with Crippen LogP contribution >= 0.6 is 0 Å². The number of hydrogen-bond donors (Lipinski definition) is 3. The Kier molecular flexibility index (Phi) is 7.71. The van der Waals surface area contributed by atoms with Gasteiger partial charge in [-0.2, -0.15) is 4.98 Å². The van der Waals surface area contributed by atoms with E-state index in [1.807, 2.05) is 6.92 Å². The number of ether oxygens (including phenoxy) is 3. The molecule has 0 aliphatic carbocycles. The zero-order chi connectivity index (χ0) is 21.6. The van der Waals surface area contributed by atoms with Crippen molar-refractivity contribution in [3.63, 3.8) is 0 Å². The van der Waals surface area contributed by atoms with Gasteiger partial charge in [0, 0.05) is 13.1 Å². The number of hydrogen-bond acceptors (Lipinski definition) is 9. The number of nitrogens with one attached hydrogen (secondary N) is 1. The van der Waals surface area contributed by atoms with Crippen LogP contribution in [0.3, 0.4) is 0 Å². The molecule has 0 radical (unpaired) electrons. The van der Waals surface area contributed by atoms with E-state index in [0.29, 0.717) is 0 Å². The highest BCUT2D eigenvalue weighted by molar-refractivity contribution is 5.83. The van der Waals surface area contributed by atoms with Gasteiger partial charge in [0.15, 0.2) is 12.3 Å². The third kappa shape index (κ3) is 5.52. The maximum absolute atomic E-state index is 12.4. The summed E-state index contributed by atoms with van der Waals surface area (Å²) in [6.07, 6.45) is -0.267. The van der Waals surface area contributed by atoms with E-state index in [1.165, 1.54) is 19.2 Å². The van der Waals surface area contributed by atoms with E-state index >= 15 is 0 Å². The van der Waals surface area contributed by atoms with Gasteiger partial charge in [-0.3, -0.25) is 14.7 Å². The summed E-state index contributed by atoms with van der Waals surface area (Å²) in [4.78, 5) is 39.2. The maximum Gasteiger partial charge on any atom is 0.412 e. The van der Waals surface area contributed by atoms with Crippen molar-refractivity contribution in [3.05, 3.63) is 22.7 Å². The van der Waals surface area contributed by atoms with Gasteiger partial charge in [0.1, 0.15) is 17.5 Å². The molecule has 1 aliphatic heterocycles.